The van der Waals surface area contributed by atoms with Gasteiger partial charge in [-0.05, 0) is 24.6 Å². The Balaban J connectivity index is 2.15. The van der Waals surface area contributed by atoms with Crippen LogP contribution in [0.3, 0.4) is 0 Å². The summed E-state index contributed by atoms with van der Waals surface area (Å²) in [7, 11) is -3.42. The van der Waals surface area contributed by atoms with Crippen molar-refractivity contribution in [2.45, 2.75) is 24.8 Å². The largest absolute Gasteiger partial charge is 0.456 e. The highest BCUT2D eigenvalue weighted by Gasteiger charge is 2.17. The van der Waals surface area contributed by atoms with E-state index in [2.05, 4.69) is 4.98 Å². The van der Waals surface area contributed by atoms with Gasteiger partial charge in [-0.3, -0.25) is 0 Å². The van der Waals surface area contributed by atoms with Gasteiger partial charge in [0.1, 0.15) is 6.61 Å². The molecule has 2 aromatic rings. The Kier molecular flexibility index (Phi) is 5.20. The number of carbonyl (C=O) groups excluding carboxylic acids is 1. The lowest BCUT2D eigenvalue weighted by atomic mass is 10.2. The molecule has 2 rings (SSSR count). The zero-order valence-electron chi connectivity index (χ0n) is 12.0. The first-order valence-electron chi connectivity index (χ1n) is 6.41. The third-order valence-corrected chi connectivity index (χ3v) is 5.32. The maximum Gasteiger partial charge on any atom is 0.340 e. The van der Waals surface area contributed by atoms with Crippen LogP contribution in [0.2, 0.25) is 5.02 Å². The van der Waals surface area contributed by atoms with Crippen molar-refractivity contribution in [3.8, 4) is 0 Å². The Morgan fingerprint density at radius 1 is 1.41 bits per heavy atom. The van der Waals surface area contributed by atoms with Gasteiger partial charge in [-0.25, -0.2) is 18.2 Å². The number of rotatable bonds is 5. The van der Waals surface area contributed by atoms with Crippen molar-refractivity contribution in [2.24, 2.45) is 0 Å². The fourth-order valence-electron chi connectivity index (χ4n) is 1.69. The van der Waals surface area contributed by atoms with Crippen molar-refractivity contribution in [1.29, 1.82) is 0 Å². The molecular formula is C14H14ClNO4S2. The van der Waals surface area contributed by atoms with Crippen LogP contribution in [-0.4, -0.2) is 25.6 Å². The average Bonchev–Trinajstić information content (AvgIpc) is 2.92. The molecule has 0 spiro atoms. The van der Waals surface area contributed by atoms with Crippen LogP contribution < -0.4 is 0 Å². The highest BCUT2D eigenvalue weighted by molar-refractivity contribution is 7.90. The molecule has 1 aromatic heterocycles. The lowest BCUT2D eigenvalue weighted by Crippen LogP contribution is -2.08. The molecule has 118 valence electrons. The Bertz CT molecular complexity index is 799. The van der Waals surface area contributed by atoms with E-state index in [1.54, 1.807) is 0 Å². The van der Waals surface area contributed by atoms with Crippen LogP contribution in [0.4, 0.5) is 0 Å². The third kappa shape index (κ3) is 4.06. The fraction of sp³-hybridized carbons (Fsp3) is 0.286. The van der Waals surface area contributed by atoms with Gasteiger partial charge in [-0.1, -0.05) is 18.5 Å². The zero-order valence-corrected chi connectivity index (χ0v) is 14.4. The van der Waals surface area contributed by atoms with Crippen molar-refractivity contribution in [3.63, 3.8) is 0 Å². The first kappa shape index (κ1) is 16.9. The van der Waals surface area contributed by atoms with Gasteiger partial charge in [0.05, 0.1) is 26.2 Å². The summed E-state index contributed by atoms with van der Waals surface area (Å²) in [5.74, 6) is -0.679. The Morgan fingerprint density at radius 3 is 2.73 bits per heavy atom. The van der Waals surface area contributed by atoms with Crippen LogP contribution in [0.1, 0.15) is 28.0 Å². The smallest absolute Gasteiger partial charge is 0.340 e. The first-order chi connectivity index (χ1) is 10.3. The minimum absolute atomic E-state index is 0.0192. The van der Waals surface area contributed by atoms with Gasteiger partial charge in [0.2, 0.25) is 0 Å². The average molecular weight is 360 g/mol. The number of sulfone groups is 1. The molecule has 0 aliphatic carbocycles. The van der Waals surface area contributed by atoms with E-state index in [9.17, 15) is 13.2 Å². The molecule has 0 aliphatic rings. The summed E-state index contributed by atoms with van der Waals surface area (Å²) in [6.45, 7) is 2.01. The molecule has 0 aliphatic heterocycles. The predicted molar refractivity (Wildman–Crippen MR) is 85.2 cm³/mol. The molecule has 0 amide bonds. The summed E-state index contributed by atoms with van der Waals surface area (Å²) in [5.41, 5.74) is 0.682. The predicted octanol–water partition coefficient (Wildman–Crippen LogP) is 3.12. The summed E-state index contributed by atoms with van der Waals surface area (Å²) in [6, 6.07) is 3.94. The van der Waals surface area contributed by atoms with Gasteiger partial charge >= 0.3 is 5.97 Å². The molecule has 0 N–H and O–H groups in total. The van der Waals surface area contributed by atoms with E-state index < -0.39 is 15.8 Å². The number of aryl methyl sites for hydroxylation is 1. The molecule has 0 saturated heterocycles. The van der Waals surface area contributed by atoms with Crippen molar-refractivity contribution in [1.82, 2.24) is 4.98 Å². The van der Waals surface area contributed by atoms with Gasteiger partial charge in [0.25, 0.3) is 0 Å². The summed E-state index contributed by atoms with van der Waals surface area (Å²) in [5, 5.41) is 2.92. The molecule has 0 atom stereocenters. The third-order valence-electron chi connectivity index (χ3n) is 2.84. The number of ether oxygens (including phenoxy) is 1. The summed E-state index contributed by atoms with van der Waals surface area (Å²) >= 11 is 7.44. The number of aromatic nitrogens is 1. The minimum Gasteiger partial charge on any atom is -0.456 e. The SMILES string of the molecule is CCc1nc(COC(=O)c2cc(S(C)(=O)=O)ccc2Cl)cs1. The number of thiazole rings is 1. The Labute approximate surface area is 137 Å². The molecule has 0 fully saturated rings. The van der Waals surface area contributed by atoms with E-state index in [-0.39, 0.29) is 22.1 Å². The number of carbonyl (C=O) groups is 1. The number of benzene rings is 1. The topological polar surface area (TPSA) is 73.3 Å². The molecule has 0 unspecified atom stereocenters. The molecule has 22 heavy (non-hydrogen) atoms. The van der Waals surface area contributed by atoms with Crippen LogP contribution in [0.25, 0.3) is 0 Å². The number of hydrogen-bond acceptors (Lipinski definition) is 6. The van der Waals surface area contributed by atoms with Gasteiger partial charge in [-0.2, -0.15) is 0 Å². The summed E-state index contributed by atoms with van der Waals surface area (Å²) in [4.78, 5) is 16.4. The van der Waals surface area contributed by atoms with Crippen LogP contribution in [-0.2, 0) is 27.6 Å². The lowest BCUT2D eigenvalue weighted by molar-refractivity contribution is 0.0468. The minimum atomic E-state index is -3.42. The second kappa shape index (κ2) is 6.76. The molecule has 5 nitrogen and oxygen atoms in total. The van der Waals surface area contributed by atoms with E-state index in [0.717, 1.165) is 17.7 Å². The van der Waals surface area contributed by atoms with Crippen molar-refractivity contribution in [2.75, 3.05) is 6.26 Å². The molecule has 8 heteroatoms. The van der Waals surface area contributed by atoms with Crippen LogP contribution in [0.5, 0.6) is 0 Å². The fourth-order valence-corrected chi connectivity index (χ4v) is 3.26. The van der Waals surface area contributed by atoms with E-state index in [1.807, 2.05) is 12.3 Å². The van der Waals surface area contributed by atoms with Crippen LogP contribution in [0, 0.1) is 0 Å². The quantitative estimate of drug-likeness (QED) is 0.767. The molecule has 0 bridgehead atoms. The second-order valence-electron chi connectivity index (χ2n) is 4.58. The molecule has 1 heterocycles. The number of esters is 1. The normalized spacial score (nSPS) is 11.4. The van der Waals surface area contributed by atoms with E-state index >= 15 is 0 Å². The monoisotopic (exact) mass is 359 g/mol. The number of hydrogen-bond donors (Lipinski definition) is 0. The summed E-state index contributed by atoms with van der Waals surface area (Å²) < 4.78 is 28.2. The first-order valence-corrected chi connectivity index (χ1v) is 9.56. The Morgan fingerprint density at radius 2 is 2.14 bits per heavy atom. The lowest BCUT2D eigenvalue weighted by Gasteiger charge is -2.07. The molecule has 1 aromatic carbocycles. The highest BCUT2D eigenvalue weighted by atomic mass is 35.5. The van der Waals surface area contributed by atoms with E-state index in [1.165, 1.54) is 29.5 Å². The van der Waals surface area contributed by atoms with Crippen LogP contribution in [0.15, 0.2) is 28.5 Å². The number of nitrogens with zero attached hydrogens (tertiary/aromatic N) is 1. The van der Waals surface area contributed by atoms with E-state index in [4.69, 9.17) is 16.3 Å². The maximum absolute atomic E-state index is 12.1. The molecule has 0 saturated carbocycles. The molecular weight excluding hydrogens is 346 g/mol. The Hall–Kier alpha value is -1.44. The molecule has 0 radical (unpaired) electrons. The van der Waals surface area contributed by atoms with Gasteiger partial charge in [0.15, 0.2) is 9.84 Å². The van der Waals surface area contributed by atoms with Crippen LogP contribution >= 0.6 is 22.9 Å². The van der Waals surface area contributed by atoms with Crippen molar-refractivity contribution in [3.05, 3.63) is 44.9 Å². The standard InChI is InChI=1S/C14H14ClNO4S2/c1-3-13-16-9(8-21-13)7-20-14(17)11-6-10(22(2,18)19)4-5-12(11)15/h4-6,8H,3,7H2,1-2H3. The maximum atomic E-state index is 12.1. The zero-order chi connectivity index (χ0) is 16.3. The van der Waals surface area contributed by atoms with Gasteiger partial charge in [-0.15, -0.1) is 11.3 Å². The van der Waals surface area contributed by atoms with Crippen molar-refractivity contribution < 1.29 is 17.9 Å². The highest BCUT2D eigenvalue weighted by Crippen LogP contribution is 2.22. The second-order valence-corrected chi connectivity index (χ2v) is 7.94. The summed E-state index contributed by atoms with van der Waals surface area (Å²) in [6.07, 6.45) is 1.88. The number of halogens is 1. The van der Waals surface area contributed by atoms with E-state index in [0.29, 0.717) is 5.69 Å². The van der Waals surface area contributed by atoms with Gasteiger partial charge in [0, 0.05) is 11.6 Å². The van der Waals surface area contributed by atoms with Gasteiger partial charge < -0.3 is 4.74 Å². The van der Waals surface area contributed by atoms with Crippen molar-refractivity contribution >= 4 is 38.7 Å².